The average molecular weight is 295 g/mol. The molecule has 1 heterocycles. The van der Waals surface area contributed by atoms with Crippen molar-refractivity contribution < 1.29 is 9.18 Å². The number of nitrogens with one attached hydrogen (secondary N) is 1. The van der Waals surface area contributed by atoms with Crippen molar-refractivity contribution in [3.8, 4) is 0 Å². The van der Waals surface area contributed by atoms with Gasteiger partial charge in [-0.1, -0.05) is 30.3 Å². The maximum Gasteiger partial charge on any atom is 0.270 e. The number of nitrogens with zero attached hydrogens (tertiary/aromatic N) is 2. The molecule has 0 spiro atoms. The lowest BCUT2D eigenvalue weighted by atomic mass is 10.1. The number of aromatic nitrogens is 2. The smallest absolute Gasteiger partial charge is 0.270 e. The zero-order chi connectivity index (χ0) is 15.4. The molecule has 110 valence electrons. The van der Waals surface area contributed by atoms with E-state index in [1.165, 1.54) is 18.5 Å². The van der Waals surface area contributed by atoms with Crippen LogP contribution in [0.4, 0.5) is 4.39 Å². The van der Waals surface area contributed by atoms with Crippen LogP contribution in [0.2, 0.25) is 0 Å². The fraction of sp³-hybridized carbons (Fsp3) is 0.118. The molecule has 0 unspecified atom stereocenters. The lowest BCUT2D eigenvalue weighted by Gasteiger charge is -2.07. The zero-order valence-corrected chi connectivity index (χ0v) is 11.8. The van der Waals surface area contributed by atoms with Crippen LogP contribution in [0.15, 0.2) is 54.9 Å². The van der Waals surface area contributed by atoms with Crippen LogP contribution in [-0.4, -0.2) is 22.4 Å². The van der Waals surface area contributed by atoms with E-state index >= 15 is 0 Å². The summed E-state index contributed by atoms with van der Waals surface area (Å²) in [5.74, 6) is -0.499. The topological polar surface area (TPSA) is 54.9 Å². The number of carbonyl (C=O) groups excluding carboxylic acids is 1. The Labute approximate surface area is 127 Å². The van der Waals surface area contributed by atoms with E-state index < -0.39 is 0 Å². The second-order valence-electron chi connectivity index (χ2n) is 4.87. The molecule has 2 aromatic carbocycles. The maximum absolute atomic E-state index is 12.8. The number of halogens is 1. The molecule has 0 aliphatic rings. The Hall–Kier alpha value is -2.82. The first-order valence-corrected chi connectivity index (χ1v) is 6.96. The summed E-state index contributed by atoms with van der Waals surface area (Å²) in [6, 6.07) is 13.6. The first kappa shape index (κ1) is 14.1. The summed E-state index contributed by atoms with van der Waals surface area (Å²) in [6.07, 6.45) is 2.02. The number of rotatable bonds is 4. The molecule has 3 aromatic rings. The third kappa shape index (κ3) is 3.09. The van der Waals surface area contributed by atoms with Gasteiger partial charge < -0.3 is 5.32 Å². The maximum atomic E-state index is 12.8. The molecule has 0 saturated heterocycles. The molecule has 0 fully saturated rings. The van der Waals surface area contributed by atoms with E-state index in [1.807, 2.05) is 24.3 Å². The van der Waals surface area contributed by atoms with E-state index in [1.54, 1.807) is 12.1 Å². The quantitative estimate of drug-likeness (QED) is 0.805. The summed E-state index contributed by atoms with van der Waals surface area (Å²) in [6.45, 7) is 0.461. The molecular formula is C17H14FN3O. The molecule has 3 rings (SSSR count). The number of para-hydroxylation sites is 1. The van der Waals surface area contributed by atoms with Gasteiger partial charge in [-0.25, -0.2) is 14.4 Å². The Kier molecular flexibility index (Phi) is 4.05. The molecule has 0 atom stereocenters. The van der Waals surface area contributed by atoms with Crippen molar-refractivity contribution in [2.24, 2.45) is 0 Å². The molecule has 0 saturated carbocycles. The Morgan fingerprint density at radius 3 is 2.64 bits per heavy atom. The molecule has 4 nitrogen and oxygen atoms in total. The number of carbonyl (C=O) groups is 1. The normalized spacial score (nSPS) is 10.6. The number of benzene rings is 2. The summed E-state index contributed by atoms with van der Waals surface area (Å²) >= 11 is 0. The van der Waals surface area contributed by atoms with Gasteiger partial charge in [0.1, 0.15) is 17.8 Å². The van der Waals surface area contributed by atoms with E-state index in [9.17, 15) is 9.18 Å². The minimum absolute atomic E-state index is 0.235. The molecule has 1 amide bonds. The van der Waals surface area contributed by atoms with Crippen LogP contribution < -0.4 is 5.32 Å². The molecular weight excluding hydrogens is 281 g/mol. The predicted molar refractivity (Wildman–Crippen MR) is 82.0 cm³/mol. The van der Waals surface area contributed by atoms with E-state index in [0.717, 1.165) is 16.5 Å². The van der Waals surface area contributed by atoms with E-state index in [2.05, 4.69) is 15.3 Å². The van der Waals surface area contributed by atoms with Gasteiger partial charge in [0, 0.05) is 11.9 Å². The Bertz CT molecular complexity index is 797. The van der Waals surface area contributed by atoms with E-state index in [0.29, 0.717) is 18.7 Å². The van der Waals surface area contributed by atoms with Crippen LogP contribution in [0.3, 0.4) is 0 Å². The summed E-state index contributed by atoms with van der Waals surface area (Å²) in [5, 5.41) is 3.56. The lowest BCUT2D eigenvalue weighted by molar-refractivity contribution is 0.0951. The van der Waals surface area contributed by atoms with Gasteiger partial charge >= 0.3 is 0 Å². The van der Waals surface area contributed by atoms with Gasteiger partial charge in [-0.2, -0.15) is 0 Å². The Morgan fingerprint density at radius 1 is 1.05 bits per heavy atom. The molecule has 5 heteroatoms. The average Bonchev–Trinajstić information content (AvgIpc) is 2.56. The van der Waals surface area contributed by atoms with Crippen molar-refractivity contribution in [3.63, 3.8) is 0 Å². The zero-order valence-electron chi connectivity index (χ0n) is 11.8. The SMILES string of the molecule is O=C(NCCc1ccc(F)cc1)c1ncnc2ccccc12. The highest BCUT2D eigenvalue weighted by Gasteiger charge is 2.11. The van der Waals surface area contributed by atoms with Gasteiger partial charge in [0.2, 0.25) is 0 Å². The monoisotopic (exact) mass is 295 g/mol. The van der Waals surface area contributed by atoms with E-state index in [-0.39, 0.29) is 11.7 Å². The summed E-state index contributed by atoms with van der Waals surface area (Å²) in [7, 11) is 0. The van der Waals surface area contributed by atoms with Crippen LogP contribution in [0.1, 0.15) is 16.1 Å². The van der Waals surface area contributed by atoms with Gasteiger partial charge in [-0.05, 0) is 30.2 Å². The first-order valence-electron chi connectivity index (χ1n) is 6.96. The number of hydrogen-bond acceptors (Lipinski definition) is 3. The second kappa shape index (κ2) is 6.30. The van der Waals surface area contributed by atoms with Gasteiger partial charge in [-0.3, -0.25) is 4.79 Å². The van der Waals surface area contributed by atoms with Gasteiger partial charge in [-0.15, -0.1) is 0 Å². The minimum atomic E-state index is -0.264. The molecule has 0 aliphatic heterocycles. The van der Waals surface area contributed by atoms with Crippen LogP contribution in [0.25, 0.3) is 10.9 Å². The van der Waals surface area contributed by atoms with Crippen LogP contribution in [0, 0.1) is 5.82 Å². The van der Waals surface area contributed by atoms with Gasteiger partial charge in [0.25, 0.3) is 5.91 Å². The third-order valence-corrected chi connectivity index (χ3v) is 3.37. The van der Waals surface area contributed by atoms with Crippen molar-refractivity contribution in [3.05, 3.63) is 71.9 Å². The predicted octanol–water partition coefficient (Wildman–Crippen LogP) is 2.74. The second-order valence-corrected chi connectivity index (χ2v) is 4.87. The fourth-order valence-electron chi connectivity index (χ4n) is 2.24. The number of fused-ring (bicyclic) bond motifs is 1. The largest absolute Gasteiger partial charge is 0.350 e. The highest BCUT2D eigenvalue weighted by atomic mass is 19.1. The van der Waals surface area contributed by atoms with Crippen LogP contribution >= 0.6 is 0 Å². The number of amides is 1. The van der Waals surface area contributed by atoms with Gasteiger partial charge in [0.15, 0.2) is 0 Å². The lowest BCUT2D eigenvalue weighted by Crippen LogP contribution is -2.26. The Balaban J connectivity index is 1.67. The van der Waals surface area contributed by atoms with Crippen molar-refractivity contribution in [1.29, 1.82) is 0 Å². The first-order chi connectivity index (χ1) is 10.7. The van der Waals surface area contributed by atoms with Crippen molar-refractivity contribution in [1.82, 2.24) is 15.3 Å². The van der Waals surface area contributed by atoms with Crippen LogP contribution in [-0.2, 0) is 6.42 Å². The highest BCUT2D eigenvalue weighted by Crippen LogP contribution is 2.13. The Morgan fingerprint density at radius 2 is 1.82 bits per heavy atom. The summed E-state index contributed by atoms with van der Waals surface area (Å²) in [4.78, 5) is 20.4. The standard InChI is InChI=1S/C17H14FN3O/c18-13-7-5-12(6-8-13)9-10-19-17(22)16-14-3-1-2-4-15(14)20-11-21-16/h1-8,11H,9-10H2,(H,19,22). The molecule has 0 aliphatic carbocycles. The van der Waals surface area contributed by atoms with Crippen molar-refractivity contribution in [2.45, 2.75) is 6.42 Å². The highest BCUT2D eigenvalue weighted by molar-refractivity contribution is 6.04. The van der Waals surface area contributed by atoms with Gasteiger partial charge in [0.05, 0.1) is 5.52 Å². The molecule has 22 heavy (non-hydrogen) atoms. The summed E-state index contributed by atoms with van der Waals surface area (Å²) < 4.78 is 12.8. The van der Waals surface area contributed by atoms with Crippen molar-refractivity contribution >= 4 is 16.8 Å². The van der Waals surface area contributed by atoms with E-state index in [4.69, 9.17) is 0 Å². The minimum Gasteiger partial charge on any atom is -0.350 e. The van der Waals surface area contributed by atoms with Crippen molar-refractivity contribution in [2.75, 3.05) is 6.54 Å². The third-order valence-electron chi connectivity index (χ3n) is 3.37. The molecule has 1 N–H and O–H groups in total. The summed E-state index contributed by atoms with van der Waals surface area (Å²) in [5.41, 5.74) is 2.07. The number of hydrogen-bond donors (Lipinski definition) is 1. The molecule has 0 radical (unpaired) electrons. The molecule has 0 bridgehead atoms. The fourth-order valence-corrected chi connectivity index (χ4v) is 2.24. The van der Waals surface area contributed by atoms with Crippen LogP contribution in [0.5, 0.6) is 0 Å². The molecule has 1 aromatic heterocycles.